The molecule has 0 spiro atoms. The van der Waals surface area contributed by atoms with Crippen LogP contribution in [-0.4, -0.2) is 41.1 Å². The van der Waals surface area contributed by atoms with Crippen LogP contribution in [0.15, 0.2) is 36.4 Å². The van der Waals surface area contributed by atoms with E-state index in [1.165, 1.54) is 6.42 Å². The van der Waals surface area contributed by atoms with Gasteiger partial charge in [-0.3, -0.25) is 4.57 Å². The second kappa shape index (κ2) is 11.0. The van der Waals surface area contributed by atoms with E-state index in [0.717, 1.165) is 11.6 Å². The van der Waals surface area contributed by atoms with E-state index in [4.69, 9.17) is 14.2 Å². The Morgan fingerprint density at radius 3 is 1.97 bits per heavy atom. The van der Waals surface area contributed by atoms with Crippen LogP contribution in [0.5, 0.6) is 17.4 Å². The summed E-state index contributed by atoms with van der Waals surface area (Å²) in [5, 5.41) is 8.47. The summed E-state index contributed by atoms with van der Waals surface area (Å²) >= 11 is 0. The molecule has 0 saturated carbocycles. The Morgan fingerprint density at radius 2 is 1.50 bits per heavy atom. The molecule has 2 heterocycles. The molecular weight excluding hydrogens is 404 g/mol. The van der Waals surface area contributed by atoms with Gasteiger partial charge in [0.2, 0.25) is 5.88 Å². The van der Waals surface area contributed by atoms with E-state index in [9.17, 15) is 0 Å². The maximum Gasteiger partial charge on any atom is 0.213 e. The lowest BCUT2D eigenvalue weighted by molar-refractivity contribution is 0.320. The quantitative estimate of drug-likeness (QED) is 0.467. The monoisotopic (exact) mass is 442 g/mol. The first kappa shape index (κ1) is 25.2. The van der Waals surface area contributed by atoms with Crippen molar-refractivity contribution in [2.24, 2.45) is 11.3 Å². The molecule has 3 aromatic rings. The van der Waals surface area contributed by atoms with Crippen LogP contribution in [-0.2, 0) is 0 Å². The minimum Gasteiger partial charge on any atom is -0.494 e. The van der Waals surface area contributed by atoms with Gasteiger partial charge < -0.3 is 14.2 Å². The van der Waals surface area contributed by atoms with E-state index in [1.807, 2.05) is 41.8 Å². The Balaban J connectivity index is 0.000000523. The van der Waals surface area contributed by atoms with Crippen LogP contribution >= 0.6 is 0 Å². The molecule has 0 N–H and O–H groups in total. The van der Waals surface area contributed by atoms with Crippen molar-refractivity contribution in [1.29, 1.82) is 0 Å². The third-order valence-electron chi connectivity index (χ3n) is 4.63. The number of methoxy groups -OCH3 is 3. The fraction of sp³-hybridized carbons (Fsp3) is 0.480. The summed E-state index contributed by atoms with van der Waals surface area (Å²) in [6.45, 7) is 13.3. The average Bonchev–Trinajstić information content (AvgIpc) is 3.12. The smallest absolute Gasteiger partial charge is 0.213 e. The zero-order valence-electron chi connectivity index (χ0n) is 20.8. The van der Waals surface area contributed by atoms with Crippen LogP contribution in [0.1, 0.15) is 48.3 Å². The fourth-order valence-electron chi connectivity index (χ4n) is 3.73. The Kier molecular flexibility index (Phi) is 8.63. The van der Waals surface area contributed by atoms with Gasteiger partial charge in [0.1, 0.15) is 28.7 Å². The molecule has 2 aromatic heterocycles. The van der Waals surface area contributed by atoms with Gasteiger partial charge in [-0.05, 0) is 42.9 Å². The van der Waals surface area contributed by atoms with Gasteiger partial charge in [-0.25, -0.2) is 4.98 Å². The molecule has 0 bridgehead atoms. The van der Waals surface area contributed by atoms with E-state index in [-0.39, 0.29) is 1.43 Å². The van der Waals surface area contributed by atoms with Crippen molar-refractivity contribution in [2.45, 2.75) is 48.0 Å². The van der Waals surface area contributed by atoms with Gasteiger partial charge in [0, 0.05) is 7.49 Å². The predicted octanol–water partition coefficient (Wildman–Crippen LogP) is 5.99. The summed E-state index contributed by atoms with van der Waals surface area (Å²) in [5.41, 5.74) is 1.89. The summed E-state index contributed by atoms with van der Waals surface area (Å²) in [7, 11) is 4.80. The number of benzene rings is 1. The highest BCUT2D eigenvalue weighted by molar-refractivity contribution is 5.63. The highest BCUT2D eigenvalue weighted by Crippen LogP contribution is 2.35. The number of rotatable bonds is 6. The summed E-state index contributed by atoms with van der Waals surface area (Å²) in [5.74, 6) is 3.93. The summed E-state index contributed by atoms with van der Waals surface area (Å²) in [6.07, 6.45) is 1.33. The van der Waals surface area contributed by atoms with Crippen LogP contribution < -0.4 is 14.2 Å². The zero-order valence-corrected chi connectivity index (χ0v) is 20.8. The number of pyridine rings is 1. The molecule has 3 rings (SSSR count). The molecule has 7 heteroatoms. The maximum atomic E-state index is 5.50. The molecule has 0 amide bonds. The van der Waals surface area contributed by atoms with Crippen LogP contribution in [0.3, 0.4) is 0 Å². The molecule has 0 aliphatic rings. The average molecular weight is 443 g/mol. The first-order valence-corrected chi connectivity index (χ1v) is 10.8. The number of hydrogen-bond acceptors (Lipinski definition) is 6. The molecule has 0 unspecified atom stereocenters. The van der Waals surface area contributed by atoms with E-state index in [0.29, 0.717) is 40.1 Å². The minimum atomic E-state index is 0. The van der Waals surface area contributed by atoms with E-state index >= 15 is 0 Å². The van der Waals surface area contributed by atoms with Crippen molar-refractivity contribution in [3.8, 4) is 34.6 Å². The van der Waals surface area contributed by atoms with Gasteiger partial charge in [-0.15, -0.1) is 10.2 Å². The molecule has 1 aromatic carbocycles. The molecule has 0 aliphatic carbocycles. The number of aromatic nitrogens is 4. The van der Waals surface area contributed by atoms with Crippen molar-refractivity contribution in [1.82, 2.24) is 19.7 Å². The van der Waals surface area contributed by atoms with Crippen LogP contribution in [0.2, 0.25) is 0 Å². The molecular formula is C25H38N4O3. The van der Waals surface area contributed by atoms with Crippen molar-refractivity contribution >= 4 is 0 Å². The molecule has 7 nitrogen and oxygen atoms in total. The van der Waals surface area contributed by atoms with Crippen molar-refractivity contribution in [3.05, 3.63) is 42.2 Å². The number of para-hydroxylation sites is 1. The van der Waals surface area contributed by atoms with Gasteiger partial charge in [0.05, 0.1) is 21.3 Å². The Bertz CT molecular complexity index is 991. The highest BCUT2D eigenvalue weighted by Gasteiger charge is 2.21. The first-order valence-electron chi connectivity index (χ1n) is 10.8. The second-order valence-electron chi connectivity index (χ2n) is 9.14. The Morgan fingerprint density at radius 1 is 0.906 bits per heavy atom. The Hall–Kier alpha value is -3.09. The molecule has 0 aliphatic heterocycles. The third kappa shape index (κ3) is 6.45. The lowest BCUT2D eigenvalue weighted by Gasteiger charge is -2.19. The van der Waals surface area contributed by atoms with Crippen molar-refractivity contribution in [2.75, 3.05) is 21.3 Å². The predicted molar refractivity (Wildman–Crippen MR) is 130 cm³/mol. The standard InChI is InChI=1S/C17H18N4O3.C8H18.H2/c1-11-19-20-17(12-7-5-10-15(18-12)24-4)21(11)16-13(22-2)8-6-9-14(16)23-3;1-7(2)6-8(3,4)5;/h5-10H,1-4H3;7H,6H2,1-5H3;1H. The van der Waals surface area contributed by atoms with E-state index in [2.05, 4.69) is 49.8 Å². The van der Waals surface area contributed by atoms with Gasteiger partial charge in [0.15, 0.2) is 5.82 Å². The second-order valence-corrected chi connectivity index (χ2v) is 9.14. The largest absolute Gasteiger partial charge is 0.494 e. The van der Waals surface area contributed by atoms with E-state index in [1.54, 1.807) is 27.4 Å². The van der Waals surface area contributed by atoms with Gasteiger partial charge >= 0.3 is 0 Å². The van der Waals surface area contributed by atoms with Crippen LogP contribution in [0, 0.1) is 18.3 Å². The zero-order chi connectivity index (χ0) is 23.9. The number of ether oxygens (including phenoxy) is 3. The third-order valence-corrected chi connectivity index (χ3v) is 4.63. The fourth-order valence-corrected chi connectivity index (χ4v) is 3.73. The molecule has 0 radical (unpaired) electrons. The number of nitrogens with zero attached hydrogens (tertiary/aromatic N) is 4. The van der Waals surface area contributed by atoms with Gasteiger partial charge in [0.25, 0.3) is 0 Å². The molecule has 0 saturated heterocycles. The van der Waals surface area contributed by atoms with E-state index < -0.39 is 0 Å². The lowest BCUT2D eigenvalue weighted by Crippen LogP contribution is -2.08. The number of aryl methyl sites for hydroxylation is 1. The highest BCUT2D eigenvalue weighted by atomic mass is 16.5. The summed E-state index contributed by atoms with van der Waals surface area (Å²) < 4.78 is 18.1. The van der Waals surface area contributed by atoms with Crippen molar-refractivity contribution < 1.29 is 15.6 Å². The maximum absolute atomic E-state index is 5.50. The topological polar surface area (TPSA) is 71.3 Å². The minimum absolute atomic E-state index is 0. The van der Waals surface area contributed by atoms with Crippen molar-refractivity contribution in [3.63, 3.8) is 0 Å². The molecule has 176 valence electrons. The van der Waals surface area contributed by atoms with Crippen LogP contribution in [0.25, 0.3) is 17.2 Å². The normalized spacial score (nSPS) is 11.1. The summed E-state index contributed by atoms with van der Waals surface area (Å²) in [4.78, 5) is 4.44. The van der Waals surface area contributed by atoms with Crippen LogP contribution in [0.4, 0.5) is 0 Å². The van der Waals surface area contributed by atoms with Gasteiger partial charge in [-0.1, -0.05) is 46.8 Å². The molecule has 0 fully saturated rings. The molecule has 0 atom stereocenters. The number of hydrogen-bond donors (Lipinski definition) is 0. The van der Waals surface area contributed by atoms with Gasteiger partial charge in [-0.2, -0.15) is 0 Å². The lowest BCUT2D eigenvalue weighted by atomic mass is 9.86. The Labute approximate surface area is 193 Å². The SMILES string of the molecule is CC(C)CC(C)(C)C.COc1cccc(-c2nnc(C)n2-c2c(OC)cccc2OC)n1.[HH]. The summed E-state index contributed by atoms with van der Waals surface area (Å²) in [6, 6.07) is 11.1. The first-order chi connectivity index (χ1) is 15.1. The molecule has 32 heavy (non-hydrogen) atoms.